The van der Waals surface area contributed by atoms with Crippen molar-refractivity contribution in [2.24, 2.45) is 0 Å². The van der Waals surface area contributed by atoms with Gasteiger partial charge in [0.1, 0.15) is 0 Å². The largest absolute Gasteiger partial charge is 0.396 e. The van der Waals surface area contributed by atoms with Gasteiger partial charge in [0.2, 0.25) is 0 Å². The second-order valence-corrected chi connectivity index (χ2v) is 3.05. The summed E-state index contributed by atoms with van der Waals surface area (Å²) < 4.78 is 2.02. The molecule has 0 unspecified atom stereocenters. The van der Waals surface area contributed by atoms with Crippen LogP contribution in [0.3, 0.4) is 0 Å². The third kappa shape index (κ3) is 6.65. The predicted octanol–water partition coefficient (Wildman–Crippen LogP) is 0.651. The lowest BCUT2D eigenvalue weighted by Crippen LogP contribution is -2.06. The molecule has 0 aromatic heterocycles. The van der Waals surface area contributed by atoms with E-state index in [1.165, 1.54) is 0 Å². The second kappa shape index (κ2) is 4.80. The van der Waals surface area contributed by atoms with Gasteiger partial charge < -0.3 is 5.11 Å². The Labute approximate surface area is 58.0 Å². The van der Waals surface area contributed by atoms with E-state index >= 15 is 0 Å². The van der Waals surface area contributed by atoms with Gasteiger partial charge in [-0.1, -0.05) is 0 Å². The van der Waals surface area contributed by atoms with Crippen molar-refractivity contribution in [2.75, 3.05) is 20.2 Å². The average molecular weight is 215 g/mol. The summed E-state index contributed by atoms with van der Waals surface area (Å²) in [5.74, 6) is 0. The number of rotatable bonds is 3. The number of nitrogens with zero attached hydrogens (tertiary/aromatic N) is 1. The first-order valence-corrected chi connectivity index (χ1v) is 3.21. The molecule has 0 aliphatic rings. The van der Waals surface area contributed by atoms with Crippen molar-refractivity contribution in [3.63, 3.8) is 0 Å². The first-order valence-electron chi connectivity index (χ1n) is 2.25. The Hall–Kier alpha value is 0.650. The van der Waals surface area contributed by atoms with Crippen LogP contribution in [0, 0.1) is 0 Å². The highest BCUT2D eigenvalue weighted by Gasteiger charge is 1.86. The normalized spacial score (nSPS) is 10.3. The molecule has 0 aliphatic heterocycles. The fraction of sp³-hybridized carbons (Fsp3) is 1.00. The summed E-state index contributed by atoms with van der Waals surface area (Å²) >= 11 is 2.19. The number of halogens is 1. The smallest absolute Gasteiger partial charge is 0.0443 e. The van der Waals surface area contributed by atoms with Crippen molar-refractivity contribution in [2.45, 2.75) is 6.42 Å². The van der Waals surface area contributed by atoms with Crippen LogP contribution in [0.4, 0.5) is 0 Å². The average Bonchev–Trinajstić information content (AvgIpc) is 1.61. The maximum absolute atomic E-state index is 8.29. The number of aliphatic hydroxyl groups excluding tert-OH is 1. The molecule has 1 N–H and O–H groups in total. The van der Waals surface area contributed by atoms with Crippen LogP contribution in [0.2, 0.25) is 0 Å². The molecule has 0 aromatic carbocycles. The van der Waals surface area contributed by atoms with Crippen LogP contribution in [0.5, 0.6) is 0 Å². The molecule has 44 valence electrons. The fourth-order valence-electron chi connectivity index (χ4n) is 0.289. The Morgan fingerprint density at radius 3 is 2.43 bits per heavy atom. The molecule has 0 aromatic rings. The van der Waals surface area contributed by atoms with Gasteiger partial charge in [-0.15, -0.1) is 0 Å². The summed E-state index contributed by atoms with van der Waals surface area (Å²) in [4.78, 5) is 0. The first kappa shape index (κ1) is 7.65. The minimum Gasteiger partial charge on any atom is -0.396 e. The van der Waals surface area contributed by atoms with Crippen molar-refractivity contribution in [1.29, 1.82) is 0 Å². The van der Waals surface area contributed by atoms with Crippen molar-refractivity contribution >= 4 is 22.9 Å². The summed E-state index contributed by atoms with van der Waals surface area (Å²) in [5.41, 5.74) is 0. The molecule has 3 heteroatoms. The molecule has 0 heterocycles. The third-order valence-electron chi connectivity index (χ3n) is 0.624. The van der Waals surface area contributed by atoms with Gasteiger partial charge >= 0.3 is 0 Å². The monoisotopic (exact) mass is 215 g/mol. The van der Waals surface area contributed by atoms with Gasteiger partial charge in [0.05, 0.1) is 0 Å². The van der Waals surface area contributed by atoms with Gasteiger partial charge in [-0.2, -0.15) is 0 Å². The first-order chi connectivity index (χ1) is 3.27. The van der Waals surface area contributed by atoms with Crippen molar-refractivity contribution in [1.82, 2.24) is 3.11 Å². The van der Waals surface area contributed by atoms with Crippen molar-refractivity contribution < 1.29 is 5.11 Å². The van der Waals surface area contributed by atoms with Gasteiger partial charge in [-0.05, 0) is 13.5 Å². The maximum Gasteiger partial charge on any atom is 0.0443 e. The lowest BCUT2D eigenvalue weighted by Gasteiger charge is -2.02. The minimum atomic E-state index is 0.299. The topological polar surface area (TPSA) is 23.5 Å². The second-order valence-electron chi connectivity index (χ2n) is 1.41. The van der Waals surface area contributed by atoms with Gasteiger partial charge in [0.25, 0.3) is 0 Å². The van der Waals surface area contributed by atoms with Crippen LogP contribution < -0.4 is 0 Å². The Kier molecular flexibility index (Phi) is 5.25. The van der Waals surface area contributed by atoms with Crippen LogP contribution >= 0.6 is 22.9 Å². The van der Waals surface area contributed by atoms with E-state index in [0.29, 0.717) is 6.61 Å². The predicted molar refractivity (Wildman–Crippen MR) is 38.4 cm³/mol. The van der Waals surface area contributed by atoms with Gasteiger partial charge in [-0.25, -0.2) is 0 Å². The van der Waals surface area contributed by atoms with E-state index in [0.717, 1.165) is 13.0 Å². The zero-order valence-electron chi connectivity index (χ0n) is 4.39. The zero-order chi connectivity index (χ0) is 5.70. The SMILES string of the molecule is CN(I)CCCO. The van der Waals surface area contributed by atoms with Crippen LogP contribution in [0.15, 0.2) is 0 Å². The molecule has 0 aliphatic carbocycles. The van der Waals surface area contributed by atoms with Crippen LogP contribution in [0.25, 0.3) is 0 Å². The molecular weight excluding hydrogens is 205 g/mol. The molecule has 0 radical (unpaired) electrons. The summed E-state index contributed by atoms with van der Waals surface area (Å²) in [6.45, 7) is 1.27. The van der Waals surface area contributed by atoms with E-state index in [2.05, 4.69) is 22.9 Å². The molecule has 0 bridgehead atoms. The Morgan fingerprint density at radius 2 is 2.29 bits per heavy atom. The molecular formula is C4H10INO. The summed E-state index contributed by atoms with van der Waals surface area (Å²) in [6, 6.07) is 0. The van der Waals surface area contributed by atoms with Crippen LogP contribution in [-0.4, -0.2) is 28.4 Å². The lowest BCUT2D eigenvalue weighted by molar-refractivity contribution is 0.280. The molecule has 0 fully saturated rings. The van der Waals surface area contributed by atoms with Gasteiger partial charge in [-0.3, -0.25) is 3.11 Å². The number of hydrogen-bond acceptors (Lipinski definition) is 2. The summed E-state index contributed by atoms with van der Waals surface area (Å²) in [7, 11) is 1.98. The molecule has 0 saturated carbocycles. The van der Waals surface area contributed by atoms with Crippen molar-refractivity contribution in [3.8, 4) is 0 Å². The van der Waals surface area contributed by atoms with E-state index < -0.39 is 0 Å². The molecule has 2 nitrogen and oxygen atoms in total. The lowest BCUT2D eigenvalue weighted by atomic mass is 10.5. The Bertz CT molecular complexity index is 40.7. The van der Waals surface area contributed by atoms with E-state index in [9.17, 15) is 0 Å². The summed E-state index contributed by atoms with van der Waals surface area (Å²) in [6.07, 6.45) is 0.874. The number of hydrogen-bond donors (Lipinski definition) is 1. The highest BCUT2D eigenvalue weighted by Crippen LogP contribution is 1.92. The molecule has 0 rings (SSSR count). The van der Waals surface area contributed by atoms with Crippen LogP contribution in [0.1, 0.15) is 6.42 Å². The maximum atomic E-state index is 8.29. The molecule has 0 saturated heterocycles. The van der Waals surface area contributed by atoms with Crippen molar-refractivity contribution in [3.05, 3.63) is 0 Å². The standard InChI is InChI=1S/C4H10INO/c1-6(5)3-2-4-7/h7H,2-4H2,1H3. The van der Waals surface area contributed by atoms with E-state index in [1.807, 2.05) is 10.2 Å². The van der Waals surface area contributed by atoms with E-state index in [4.69, 9.17) is 5.11 Å². The molecule has 0 spiro atoms. The Balaban J connectivity index is 2.68. The highest BCUT2D eigenvalue weighted by molar-refractivity contribution is 14.1. The van der Waals surface area contributed by atoms with E-state index in [1.54, 1.807) is 0 Å². The zero-order valence-corrected chi connectivity index (χ0v) is 6.55. The Morgan fingerprint density at radius 1 is 1.71 bits per heavy atom. The van der Waals surface area contributed by atoms with E-state index in [-0.39, 0.29) is 0 Å². The highest BCUT2D eigenvalue weighted by atomic mass is 127. The molecule has 0 atom stereocenters. The van der Waals surface area contributed by atoms with Crippen LogP contribution in [-0.2, 0) is 0 Å². The fourth-order valence-corrected chi connectivity index (χ4v) is 0.630. The van der Waals surface area contributed by atoms with Gasteiger partial charge in [0, 0.05) is 36.0 Å². The molecule has 7 heavy (non-hydrogen) atoms. The number of aliphatic hydroxyl groups is 1. The summed E-state index contributed by atoms with van der Waals surface area (Å²) in [5, 5.41) is 8.29. The third-order valence-corrected chi connectivity index (χ3v) is 1.11. The van der Waals surface area contributed by atoms with Gasteiger partial charge in [0.15, 0.2) is 0 Å². The minimum absolute atomic E-state index is 0.299. The molecule has 0 amide bonds. The quantitative estimate of drug-likeness (QED) is 0.551.